The van der Waals surface area contributed by atoms with Gasteiger partial charge in [-0.3, -0.25) is 23.8 Å². The van der Waals surface area contributed by atoms with Crippen molar-refractivity contribution in [1.82, 2.24) is 9.55 Å². The van der Waals surface area contributed by atoms with Crippen molar-refractivity contribution in [2.75, 3.05) is 13.2 Å². The number of fused-ring (bicyclic) bond motifs is 3. The smallest absolute Gasteiger partial charge is 0.455 e. The van der Waals surface area contributed by atoms with Crippen molar-refractivity contribution in [3.05, 3.63) is 17.8 Å². The van der Waals surface area contributed by atoms with E-state index in [4.69, 9.17) is 28.7 Å². The van der Waals surface area contributed by atoms with E-state index in [1.165, 1.54) is 70.3 Å². The van der Waals surface area contributed by atoms with Crippen molar-refractivity contribution in [1.29, 1.82) is 5.41 Å². The number of unbranched alkanes of at least 4 members (excludes halogenated alkanes) is 13. The number of nitrogens with one attached hydrogen (secondary N) is 1. The molecule has 2 aliphatic rings. The molecule has 2 N–H and O–H groups in total. The molecule has 0 aromatic carbocycles. The average Bonchev–Trinajstić information content (AvgIpc) is 3.45. The van der Waals surface area contributed by atoms with Gasteiger partial charge in [0.2, 0.25) is 0 Å². The van der Waals surface area contributed by atoms with E-state index in [1.807, 2.05) is 6.92 Å². The van der Waals surface area contributed by atoms with Crippen LogP contribution < -0.4 is 10.2 Å². The Morgan fingerprint density at radius 3 is 2.22 bits per heavy atom. The molecular formula is C29H50N3O8P. The lowest BCUT2D eigenvalue weighted by Gasteiger charge is -2.23. The van der Waals surface area contributed by atoms with E-state index in [-0.39, 0.29) is 37.1 Å². The van der Waals surface area contributed by atoms with E-state index >= 15 is 0 Å². The van der Waals surface area contributed by atoms with Gasteiger partial charge < -0.3 is 19.1 Å². The lowest BCUT2D eigenvalue weighted by Crippen LogP contribution is -2.39. The summed E-state index contributed by atoms with van der Waals surface area (Å²) in [5.74, 6) is -0.377. The number of ether oxygens (including phenoxy) is 3. The van der Waals surface area contributed by atoms with Gasteiger partial charge in [-0.15, -0.1) is 0 Å². The first-order valence-corrected chi connectivity index (χ1v) is 17.1. The standard InChI is InChI=1S/C29H50N3O8P/c1-3-5-7-8-9-10-11-12-13-14-15-16-17-18-25(33)39-26-23(22-37-41(34,35)36-21-6-4-2)38-28-27(26)40-29-31-24(30)19-20-32(28)29/h19-20,23,26-28,30H,3-18,21-22H2,1-2H3,(H,34,35)/t23-,26-,27+,28-/m1/s1. The Morgan fingerprint density at radius 1 is 0.976 bits per heavy atom. The summed E-state index contributed by atoms with van der Waals surface area (Å²) in [5.41, 5.74) is 0.0394. The minimum absolute atomic E-state index is 0.0394. The van der Waals surface area contributed by atoms with Crippen molar-refractivity contribution < 1.29 is 37.5 Å². The molecule has 0 bridgehead atoms. The Morgan fingerprint density at radius 2 is 1.59 bits per heavy atom. The van der Waals surface area contributed by atoms with Crippen LogP contribution in [0.25, 0.3) is 0 Å². The van der Waals surface area contributed by atoms with Crippen molar-refractivity contribution in [2.45, 2.75) is 141 Å². The van der Waals surface area contributed by atoms with Gasteiger partial charge >= 0.3 is 19.8 Å². The van der Waals surface area contributed by atoms with Crippen LogP contribution in [0.5, 0.6) is 6.01 Å². The first-order valence-electron chi connectivity index (χ1n) is 15.6. The third-order valence-corrected chi connectivity index (χ3v) is 8.52. The van der Waals surface area contributed by atoms with Gasteiger partial charge in [0.1, 0.15) is 6.10 Å². The van der Waals surface area contributed by atoms with E-state index in [9.17, 15) is 14.3 Å². The number of rotatable bonds is 22. The maximum Gasteiger partial charge on any atom is 0.472 e. The molecule has 1 aromatic rings. The molecule has 1 saturated heterocycles. The van der Waals surface area contributed by atoms with Gasteiger partial charge in [0.05, 0.1) is 13.2 Å². The first-order chi connectivity index (χ1) is 19.8. The maximum atomic E-state index is 12.8. The summed E-state index contributed by atoms with van der Waals surface area (Å²) < 4.78 is 41.8. The predicted molar refractivity (Wildman–Crippen MR) is 153 cm³/mol. The third kappa shape index (κ3) is 11.4. The number of carbonyl (C=O) groups is 1. The largest absolute Gasteiger partial charge is 0.472 e. The minimum Gasteiger partial charge on any atom is -0.455 e. The van der Waals surface area contributed by atoms with Gasteiger partial charge in [0, 0.05) is 12.6 Å². The number of esters is 1. The Hall–Kier alpha value is -1.78. The van der Waals surface area contributed by atoms with Gasteiger partial charge in [-0.05, 0) is 18.9 Å². The first kappa shape index (κ1) is 33.7. The molecule has 41 heavy (non-hydrogen) atoms. The van der Waals surface area contributed by atoms with Crippen molar-refractivity contribution >= 4 is 13.8 Å². The molecule has 2 aliphatic heterocycles. The van der Waals surface area contributed by atoms with E-state index in [0.29, 0.717) is 6.42 Å². The molecule has 1 unspecified atom stereocenters. The quantitative estimate of drug-likeness (QED) is 0.0886. The third-order valence-electron chi connectivity index (χ3n) is 7.54. The molecule has 11 nitrogen and oxygen atoms in total. The van der Waals surface area contributed by atoms with Crippen LogP contribution in [0.4, 0.5) is 0 Å². The molecule has 0 spiro atoms. The predicted octanol–water partition coefficient (Wildman–Crippen LogP) is 6.35. The number of phosphoric ester groups is 1. The lowest BCUT2D eigenvalue weighted by atomic mass is 10.0. The number of hydrogen-bond donors (Lipinski definition) is 2. The second-order valence-electron chi connectivity index (χ2n) is 11.0. The summed E-state index contributed by atoms with van der Waals surface area (Å²) in [7, 11) is -4.29. The Labute approximate surface area is 244 Å². The highest BCUT2D eigenvalue weighted by atomic mass is 31.2. The van der Waals surface area contributed by atoms with Gasteiger partial charge in [0.15, 0.2) is 23.9 Å². The Kier molecular flexibility index (Phi) is 14.8. The molecular weight excluding hydrogens is 549 g/mol. The van der Waals surface area contributed by atoms with Crippen LogP contribution in [0, 0.1) is 5.41 Å². The molecule has 3 rings (SSSR count). The van der Waals surface area contributed by atoms with E-state index in [1.54, 1.807) is 10.8 Å². The van der Waals surface area contributed by atoms with Gasteiger partial charge in [-0.1, -0.05) is 97.3 Å². The fraction of sp³-hybridized carbons (Fsp3) is 0.828. The Balaban J connectivity index is 1.40. The normalized spacial score (nSPS) is 22.6. The number of nitrogens with zero attached hydrogens (tertiary/aromatic N) is 2. The summed E-state index contributed by atoms with van der Waals surface area (Å²) in [6.07, 6.45) is 16.1. The summed E-state index contributed by atoms with van der Waals surface area (Å²) in [6, 6.07) is 1.70. The van der Waals surface area contributed by atoms with E-state index in [0.717, 1.165) is 25.7 Å². The molecule has 0 saturated carbocycles. The highest BCUT2D eigenvalue weighted by Gasteiger charge is 2.54. The van der Waals surface area contributed by atoms with Crippen molar-refractivity contribution in [2.24, 2.45) is 0 Å². The molecule has 1 fully saturated rings. The van der Waals surface area contributed by atoms with Gasteiger partial charge in [-0.2, -0.15) is 4.98 Å². The minimum atomic E-state index is -4.29. The van der Waals surface area contributed by atoms with Crippen molar-refractivity contribution in [3.63, 3.8) is 0 Å². The summed E-state index contributed by atoms with van der Waals surface area (Å²) in [4.78, 5) is 26.9. The van der Waals surface area contributed by atoms with Crippen LogP contribution in [-0.2, 0) is 27.9 Å². The average molecular weight is 600 g/mol. The van der Waals surface area contributed by atoms with Crippen LogP contribution in [0.15, 0.2) is 12.3 Å². The summed E-state index contributed by atoms with van der Waals surface area (Å²) in [6.45, 7) is 3.98. The van der Waals surface area contributed by atoms with Gasteiger partial charge in [0.25, 0.3) is 0 Å². The van der Waals surface area contributed by atoms with Crippen LogP contribution in [0.2, 0.25) is 0 Å². The summed E-state index contributed by atoms with van der Waals surface area (Å²) in [5, 5.41) is 7.75. The zero-order valence-electron chi connectivity index (χ0n) is 24.8. The second-order valence-corrected chi connectivity index (χ2v) is 12.5. The number of hydrogen-bond acceptors (Lipinski definition) is 9. The monoisotopic (exact) mass is 599 g/mol. The maximum absolute atomic E-state index is 12.8. The molecule has 5 atom stereocenters. The molecule has 3 heterocycles. The molecule has 0 amide bonds. The molecule has 0 aliphatic carbocycles. The second kappa shape index (κ2) is 18.0. The molecule has 12 heteroatoms. The molecule has 0 radical (unpaired) electrons. The topological polar surface area (TPSA) is 142 Å². The van der Waals surface area contributed by atoms with Gasteiger partial charge in [-0.25, -0.2) is 4.57 Å². The number of aromatic nitrogens is 2. The molecule has 1 aromatic heterocycles. The van der Waals surface area contributed by atoms with Crippen LogP contribution >= 0.6 is 7.82 Å². The van der Waals surface area contributed by atoms with Crippen LogP contribution in [0.3, 0.4) is 0 Å². The fourth-order valence-electron chi connectivity index (χ4n) is 5.18. The van der Waals surface area contributed by atoms with E-state index in [2.05, 4.69) is 11.9 Å². The fourth-order valence-corrected chi connectivity index (χ4v) is 5.95. The van der Waals surface area contributed by atoms with Crippen molar-refractivity contribution in [3.8, 4) is 6.01 Å². The van der Waals surface area contributed by atoms with E-state index < -0.39 is 32.4 Å². The number of carbonyl (C=O) groups excluding carboxylic acids is 1. The lowest BCUT2D eigenvalue weighted by molar-refractivity contribution is -0.156. The van der Waals surface area contributed by atoms with Crippen LogP contribution in [-0.4, -0.2) is 51.9 Å². The highest BCUT2D eigenvalue weighted by molar-refractivity contribution is 7.47. The highest BCUT2D eigenvalue weighted by Crippen LogP contribution is 2.46. The molecule has 234 valence electrons. The number of phosphoric acid groups is 1. The zero-order chi connectivity index (χ0) is 29.5. The van der Waals surface area contributed by atoms with Crippen LogP contribution in [0.1, 0.15) is 123 Å². The SMILES string of the molecule is CCCCCCCCCCCCCCCC(=O)O[C@H]1[C@@H]2Oc3nc(=N)ccn3[C@@H]2O[C@@H]1COP(=O)(O)OCCCC. The zero-order valence-corrected chi connectivity index (χ0v) is 25.7. The Bertz CT molecular complexity index is 1020. The summed E-state index contributed by atoms with van der Waals surface area (Å²) >= 11 is 0.